The van der Waals surface area contributed by atoms with E-state index in [9.17, 15) is 0 Å². The summed E-state index contributed by atoms with van der Waals surface area (Å²) in [5.74, 6) is 0. The van der Waals surface area contributed by atoms with Crippen molar-refractivity contribution < 1.29 is 4.74 Å². The molecule has 2 aromatic rings. The number of hydrogen-bond acceptors (Lipinski definition) is 3. The molecule has 19 heavy (non-hydrogen) atoms. The van der Waals surface area contributed by atoms with E-state index in [1.807, 2.05) is 0 Å². The normalized spacial score (nSPS) is 12.3. The maximum atomic E-state index is 5.88. The van der Waals surface area contributed by atoms with E-state index in [0.29, 0.717) is 11.9 Å². The minimum atomic E-state index is -1.05. The van der Waals surface area contributed by atoms with Crippen molar-refractivity contribution in [3.63, 3.8) is 0 Å². The third kappa shape index (κ3) is 4.01. The Balaban J connectivity index is 2.05. The van der Waals surface area contributed by atoms with Crippen LogP contribution in [0.3, 0.4) is 0 Å². The van der Waals surface area contributed by atoms with Gasteiger partial charge in [0.15, 0.2) is 0 Å². The molecule has 0 aliphatic carbocycles. The van der Waals surface area contributed by atoms with Gasteiger partial charge in [-0.2, -0.15) is 5.10 Å². The van der Waals surface area contributed by atoms with Gasteiger partial charge < -0.3 is 4.74 Å². The molecule has 0 saturated carbocycles. The van der Waals surface area contributed by atoms with E-state index in [4.69, 9.17) is 16.3 Å². The lowest BCUT2D eigenvalue weighted by Crippen LogP contribution is -2.22. The summed E-state index contributed by atoms with van der Waals surface area (Å²) < 4.78 is 8.26. The third-order valence-corrected chi connectivity index (χ3v) is 5.26. The quantitative estimate of drug-likeness (QED) is 0.455. The van der Waals surface area contributed by atoms with Crippen molar-refractivity contribution in [1.29, 1.82) is 0 Å². The first-order chi connectivity index (χ1) is 8.87. The monoisotopic (exact) mass is 361 g/mol. The molecule has 0 fully saturated rings. The summed E-state index contributed by atoms with van der Waals surface area (Å²) >= 11 is 9.31. The molecule has 2 heterocycles. The molecular weight excluding hydrogens is 346 g/mol. The SMILES string of the molecule is C[Si](C)(C)CCOCn1nc(Br)c2cc(Cl)ncc21. The molecule has 7 heteroatoms. The topological polar surface area (TPSA) is 39.9 Å². The second kappa shape index (κ2) is 5.91. The highest BCUT2D eigenvalue weighted by molar-refractivity contribution is 9.10. The number of aromatic nitrogens is 3. The van der Waals surface area contributed by atoms with Gasteiger partial charge in [0.05, 0.1) is 11.7 Å². The summed E-state index contributed by atoms with van der Waals surface area (Å²) in [6.07, 6.45) is 1.72. The number of halogens is 2. The van der Waals surface area contributed by atoms with Crippen LogP contribution in [0.1, 0.15) is 0 Å². The van der Waals surface area contributed by atoms with Crippen molar-refractivity contribution in [2.45, 2.75) is 32.4 Å². The third-order valence-electron chi connectivity index (χ3n) is 2.77. The van der Waals surface area contributed by atoms with E-state index in [1.54, 1.807) is 16.9 Å². The Morgan fingerprint density at radius 3 is 2.84 bits per heavy atom. The molecule has 0 amide bonds. The van der Waals surface area contributed by atoms with Crippen LogP contribution < -0.4 is 0 Å². The Kier molecular flexibility index (Phi) is 4.65. The maximum absolute atomic E-state index is 5.88. The molecule has 0 atom stereocenters. The van der Waals surface area contributed by atoms with Gasteiger partial charge in [0.1, 0.15) is 16.5 Å². The number of hydrogen-bond donors (Lipinski definition) is 0. The van der Waals surface area contributed by atoms with E-state index in [1.165, 1.54) is 0 Å². The number of nitrogens with zero attached hydrogens (tertiary/aromatic N) is 3. The van der Waals surface area contributed by atoms with Crippen LogP contribution in [0.15, 0.2) is 16.9 Å². The van der Waals surface area contributed by atoms with Crippen LogP contribution >= 0.6 is 27.5 Å². The predicted molar refractivity (Wildman–Crippen MR) is 84.3 cm³/mol. The largest absolute Gasteiger partial charge is 0.360 e. The van der Waals surface area contributed by atoms with E-state index in [2.05, 4.69) is 45.7 Å². The molecule has 0 spiro atoms. The van der Waals surface area contributed by atoms with Gasteiger partial charge in [-0.15, -0.1) is 0 Å². The van der Waals surface area contributed by atoms with Gasteiger partial charge >= 0.3 is 0 Å². The van der Waals surface area contributed by atoms with Gasteiger partial charge in [0, 0.05) is 20.1 Å². The first kappa shape index (κ1) is 15.0. The number of rotatable bonds is 5. The zero-order valence-electron chi connectivity index (χ0n) is 11.3. The summed E-state index contributed by atoms with van der Waals surface area (Å²) in [5.41, 5.74) is 0.921. The zero-order chi connectivity index (χ0) is 14.0. The highest BCUT2D eigenvalue weighted by Gasteiger charge is 2.13. The van der Waals surface area contributed by atoms with Gasteiger partial charge in [0.2, 0.25) is 0 Å². The molecule has 0 aromatic carbocycles. The van der Waals surface area contributed by atoms with Crippen molar-refractivity contribution in [1.82, 2.24) is 14.8 Å². The molecule has 0 radical (unpaired) electrons. The van der Waals surface area contributed by atoms with Gasteiger partial charge in [-0.3, -0.25) is 0 Å². The molecule has 0 aliphatic rings. The first-order valence-electron chi connectivity index (χ1n) is 6.12. The van der Waals surface area contributed by atoms with E-state index >= 15 is 0 Å². The number of ether oxygens (including phenoxy) is 1. The summed E-state index contributed by atoms with van der Waals surface area (Å²) in [6.45, 7) is 8.22. The minimum absolute atomic E-state index is 0.440. The molecule has 2 aromatic heterocycles. The van der Waals surface area contributed by atoms with Crippen LogP contribution in [0.25, 0.3) is 10.9 Å². The molecule has 0 unspecified atom stereocenters. The second-order valence-electron chi connectivity index (χ2n) is 5.66. The summed E-state index contributed by atoms with van der Waals surface area (Å²) in [4.78, 5) is 4.08. The Morgan fingerprint density at radius 2 is 2.16 bits per heavy atom. The van der Waals surface area contributed by atoms with Gasteiger partial charge in [-0.1, -0.05) is 31.2 Å². The Morgan fingerprint density at radius 1 is 1.42 bits per heavy atom. The van der Waals surface area contributed by atoms with E-state index in [-0.39, 0.29) is 0 Å². The first-order valence-corrected chi connectivity index (χ1v) is 11.0. The lowest BCUT2D eigenvalue weighted by atomic mass is 10.3. The maximum Gasteiger partial charge on any atom is 0.140 e. The fourth-order valence-electron chi connectivity index (χ4n) is 1.64. The van der Waals surface area contributed by atoms with Gasteiger partial charge in [-0.25, -0.2) is 9.67 Å². The molecule has 0 aliphatic heterocycles. The Labute approximate surface area is 127 Å². The average Bonchev–Trinajstić information content (AvgIpc) is 2.60. The summed E-state index contributed by atoms with van der Waals surface area (Å²) in [7, 11) is -1.05. The average molecular weight is 363 g/mol. The van der Waals surface area contributed by atoms with Crippen LogP contribution in [0.2, 0.25) is 30.8 Å². The second-order valence-corrected chi connectivity index (χ2v) is 12.4. The van der Waals surface area contributed by atoms with Crippen molar-refractivity contribution in [2.75, 3.05) is 6.61 Å². The minimum Gasteiger partial charge on any atom is -0.360 e. The van der Waals surface area contributed by atoms with Gasteiger partial charge in [-0.05, 0) is 28.0 Å². The lowest BCUT2D eigenvalue weighted by Gasteiger charge is -2.15. The molecular formula is C12H17BrClN3OSi. The summed E-state index contributed by atoms with van der Waals surface area (Å²) in [5, 5.41) is 5.80. The Bertz CT molecular complexity index is 582. The van der Waals surface area contributed by atoms with Crippen molar-refractivity contribution in [3.8, 4) is 0 Å². The highest BCUT2D eigenvalue weighted by atomic mass is 79.9. The van der Waals surface area contributed by atoms with Gasteiger partial charge in [0.25, 0.3) is 0 Å². The number of pyridine rings is 1. The van der Waals surface area contributed by atoms with Crippen LogP contribution in [-0.4, -0.2) is 29.4 Å². The zero-order valence-corrected chi connectivity index (χ0v) is 14.6. The fraction of sp³-hybridized carbons (Fsp3) is 0.500. The standard InChI is InChI=1S/C12H17BrClN3OSi/c1-19(2,3)5-4-18-8-17-10-7-15-11(14)6-9(10)12(13)16-17/h6-7H,4-5,8H2,1-3H3. The van der Waals surface area contributed by atoms with Crippen LogP contribution in [0.4, 0.5) is 0 Å². The fourth-order valence-corrected chi connectivity index (χ4v) is 3.06. The highest BCUT2D eigenvalue weighted by Crippen LogP contribution is 2.24. The molecule has 104 valence electrons. The van der Waals surface area contributed by atoms with Crippen molar-refractivity contribution in [2.24, 2.45) is 0 Å². The van der Waals surface area contributed by atoms with Crippen molar-refractivity contribution in [3.05, 3.63) is 22.0 Å². The molecule has 0 N–H and O–H groups in total. The smallest absolute Gasteiger partial charge is 0.140 e. The Hall–Kier alpha value is -0.433. The number of fused-ring (bicyclic) bond motifs is 1. The predicted octanol–water partition coefficient (Wildman–Crippen LogP) is 4.16. The van der Waals surface area contributed by atoms with E-state index < -0.39 is 8.07 Å². The van der Waals surface area contributed by atoms with Crippen LogP contribution in [0, 0.1) is 0 Å². The summed E-state index contributed by atoms with van der Waals surface area (Å²) in [6, 6.07) is 2.95. The molecule has 0 bridgehead atoms. The van der Waals surface area contributed by atoms with Crippen LogP contribution in [-0.2, 0) is 11.5 Å². The molecule has 2 rings (SSSR count). The molecule has 0 saturated heterocycles. The van der Waals surface area contributed by atoms with Crippen molar-refractivity contribution >= 4 is 46.5 Å². The van der Waals surface area contributed by atoms with Crippen LogP contribution in [0.5, 0.6) is 0 Å². The molecule has 4 nitrogen and oxygen atoms in total. The lowest BCUT2D eigenvalue weighted by molar-refractivity contribution is 0.0814. The van der Waals surface area contributed by atoms with E-state index in [0.717, 1.165) is 28.2 Å².